The molecule has 0 aliphatic carbocycles. The van der Waals surface area contributed by atoms with E-state index in [1.807, 2.05) is 24.3 Å². The van der Waals surface area contributed by atoms with Crippen molar-refractivity contribution in [2.45, 2.75) is 26.9 Å². The normalized spacial score (nSPS) is 11.2. The lowest BCUT2D eigenvalue weighted by atomic mass is 10.1. The highest BCUT2D eigenvalue weighted by atomic mass is 19.2. The molecular formula is C33H26F4N6O. The Morgan fingerprint density at radius 1 is 0.795 bits per heavy atom. The van der Waals surface area contributed by atoms with Crippen molar-refractivity contribution >= 4 is 22.4 Å². The Hall–Kier alpha value is -5.32. The molecule has 6 aromatic rings. The lowest BCUT2D eigenvalue weighted by Crippen LogP contribution is -2.20. The van der Waals surface area contributed by atoms with Crippen LogP contribution in [0.25, 0.3) is 22.4 Å². The third-order valence-electron chi connectivity index (χ3n) is 7.42. The van der Waals surface area contributed by atoms with Gasteiger partial charge in [-0.2, -0.15) is 5.10 Å². The number of pyridine rings is 1. The number of methoxy groups -OCH3 is 1. The van der Waals surface area contributed by atoms with Crippen molar-refractivity contribution in [3.8, 4) is 17.3 Å². The largest absolute Gasteiger partial charge is 0.491 e. The van der Waals surface area contributed by atoms with Crippen LogP contribution < -0.4 is 9.64 Å². The minimum atomic E-state index is -0.957. The molecule has 222 valence electrons. The zero-order valence-electron chi connectivity index (χ0n) is 24.0. The van der Waals surface area contributed by atoms with E-state index in [0.29, 0.717) is 22.3 Å². The topological polar surface area (TPSA) is 69.0 Å². The Morgan fingerprint density at radius 2 is 1.45 bits per heavy atom. The molecule has 0 N–H and O–H groups in total. The summed E-state index contributed by atoms with van der Waals surface area (Å²) >= 11 is 0. The van der Waals surface area contributed by atoms with Gasteiger partial charge in [0.15, 0.2) is 40.7 Å². The van der Waals surface area contributed by atoms with E-state index in [9.17, 15) is 13.2 Å². The molecule has 0 radical (unpaired) electrons. The quantitative estimate of drug-likeness (QED) is 0.170. The predicted octanol–water partition coefficient (Wildman–Crippen LogP) is 7.46. The van der Waals surface area contributed by atoms with Crippen LogP contribution in [0.15, 0.2) is 79.3 Å². The Kier molecular flexibility index (Phi) is 7.69. The van der Waals surface area contributed by atoms with Gasteiger partial charge in [-0.05, 0) is 43.2 Å². The Bertz CT molecular complexity index is 2000. The number of ether oxygens (including phenoxy) is 1. The fourth-order valence-electron chi connectivity index (χ4n) is 4.99. The molecule has 0 aliphatic heterocycles. The van der Waals surface area contributed by atoms with E-state index in [0.717, 1.165) is 0 Å². The number of rotatable bonds is 8. The highest BCUT2D eigenvalue weighted by Gasteiger charge is 2.24. The first kappa shape index (κ1) is 28.8. The summed E-state index contributed by atoms with van der Waals surface area (Å²) in [7, 11) is 1.46. The second kappa shape index (κ2) is 11.8. The Balaban J connectivity index is 1.48. The molecule has 44 heavy (non-hydrogen) atoms. The molecule has 0 aliphatic rings. The third-order valence-corrected chi connectivity index (χ3v) is 7.42. The van der Waals surface area contributed by atoms with Gasteiger partial charge in [0.1, 0.15) is 5.69 Å². The number of fused-ring (bicyclic) bond motifs is 1. The van der Waals surface area contributed by atoms with Gasteiger partial charge in [-0.3, -0.25) is 9.67 Å². The highest BCUT2D eigenvalue weighted by Crippen LogP contribution is 2.36. The maximum Gasteiger partial charge on any atom is 0.183 e. The molecule has 6 rings (SSSR count). The number of benzene rings is 3. The van der Waals surface area contributed by atoms with Gasteiger partial charge in [0.25, 0.3) is 0 Å². The van der Waals surface area contributed by atoms with E-state index < -0.39 is 23.3 Å². The maximum atomic E-state index is 15.1. The minimum absolute atomic E-state index is 0.0338. The zero-order chi connectivity index (χ0) is 31.0. The van der Waals surface area contributed by atoms with Gasteiger partial charge in [-0.25, -0.2) is 27.5 Å². The van der Waals surface area contributed by atoms with Crippen molar-refractivity contribution in [1.29, 1.82) is 0 Å². The predicted molar refractivity (Wildman–Crippen MR) is 159 cm³/mol. The van der Waals surface area contributed by atoms with Crippen molar-refractivity contribution in [2.75, 3.05) is 12.0 Å². The summed E-state index contributed by atoms with van der Waals surface area (Å²) in [6.45, 7) is 2.87. The van der Waals surface area contributed by atoms with Gasteiger partial charge in [0, 0.05) is 34.6 Å². The average molecular weight is 599 g/mol. The number of aryl methyl sites for hydroxylation is 2. The van der Waals surface area contributed by atoms with Crippen LogP contribution in [-0.2, 0) is 13.1 Å². The molecule has 0 amide bonds. The molecular weight excluding hydrogens is 572 g/mol. The van der Waals surface area contributed by atoms with Gasteiger partial charge in [-0.1, -0.05) is 42.5 Å². The maximum absolute atomic E-state index is 15.1. The SMILES string of the molecule is COc1cnc(-c2nn(Cc3ccc(C)c(F)c3F)c3ccccc23)nc1N(Cc1ccc(C)c(F)c1F)c1ccncc1. The molecule has 11 heteroatoms. The second-order valence-corrected chi connectivity index (χ2v) is 10.2. The lowest BCUT2D eigenvalue weighted by molar-refractivity contribution is 0.411. The highest BCUT2D eigenvalue weighted by molar-refractivity contribution is 5.92. The van der Waals surface area contributed by atoms with Crippen LogP contribution in [0.1, 0.15) is 22.3 Å². The van der Waals surface area contributed by atoms with E-state index in [1.54, 1.807) is 34.1 Å². The number of nitrogens with zero attached hydrogens (tertiary/aromatic N) is 6. The van der Waals surface area contributed by atoms with Crippen molar-refractivity contribution in [3.05, 3.63) is 125 Å². The van der Waals surface area contributed by atoms with E-state index in [4.69, 9.17) is 14.8 Å². The van der Waals surface area contributed by atoms with Crippen LogP contribution in [0, 0.1) is 37.1 Å². The molecule has 0 atom stereocenters. The van der Waals surface area contributed by atoms with Crippen LogP contribution in [0.3, 0.4) is 0 Å². The molecule has 3 aromatic carbocycles. The summed E-state index contributed by atoms with van der Waals surface area (Å²) in [4.78, 5) is 15.1. The Morgan fingerprint density at radius 3 is 2.16 bits per heavy atom. The fraction of sp³-hybridized carbons (Fsp3) is 0.152. The molecule has 0 spiro atoms. The third kappa shape index (κ3) is 5.21. The molecule has 7 nitrogen and oxygen atoms in total. The molecule has 0 bridgehead atoms. The van der Waals surface area contributed by atoms with Crippen molar-refractivity contribution in [2.24, 2.45) is 0 Å². The van der Waals surface area contributed by atoms with Crippen LogP contribution in [0.2, 0.25) is 0 Å². The smallest absolute Gasteiger partial charge is 0.183 e. The van der Waals surface area contributed by atoms with Crippen LogP contribution in [0.5, 0.6) is 5.75 Å². The fourth-order valence-corrected chi connectivity index (χ4v) is 4.99. The summed E-state index contributed by atoms with van der Waals surface area (Å²) in [6, 6.07) is 16.8. The number of halogens is 4. The first-order valence-electron chi connectivity index (χ1n) is 13.7. The van der Waals surface area contributed by atoms with E-state index in [2.05, 4.69) is 9.97 Å². The molecule has 3 aromatic heterocycles. The van der Waals surface area contributed by atoms with Crippen molar-refractivity contribution < 1.29 is 22.3 Å². The van der Waals surface area contributed by atoms with Gasteiger partial charge in [0.05, 0.1) is 31.9 Å². The van der Waals surface area contributed by atoms with Crippen LogP contribution in [-0.4, -0.2) is 31.8 Å². The Labute approximate surface area is 250 Å². The summed E-state index contributed by atoms with van der Waals surface area (Å²) in [5.41, 5.74) is 2.29. The first-order chi connectivity index (χ1) is 21.3. The first-order valence-corrected chi connectivity index (χ1v) is 13.7. The molecule has 0 unspecified atom stereocenters. The summed E-state index contributed by atoms with van der Waals surface area (Å²) in [5, 5.41) is 5.40. The standard InChI is InChI=1S/C33H26F4N6O/c1-19-8-10-21(29(36)27(19)34)17-42(23-12-14-38-15-13-23)33-26(44-3)16-39-32(40-33)31-24-6-4-5-7-25(24)43(41-31)18-22-11-9-20(2)28(35)30(22)37/h4-16H,17-18H2,1-3H3. The number of hydrogen-bond acceptors (Lipinski definition) is 6. The van der Waals surface area contributed by atoms with Crippen LogP contribution in [0.4, 0.5) is 29.1 Å². The van der Waals surface area contributed by atoms with Crippen molar-refractivity contribution in [1.82, 2.24) is 24.7 Å². The van der Waals surface area contributed by atoms with Gasteiger partial charge >= 0.3 is 0 Å². The van der Waals surface area contributed by atoms with Gasteiger partial charge < -0.3 is 9.64 Å². The van der Waals surface area contributed by atoms with E-state index in [-0.39, 0.29) is 52.7 Å². The summed E-state index contributed by atoms with van der Waals surface area (Å²) < 4.78 is 65.9. The summed E-state index contributed by atoms with van der Waals surface area (Å²) in [5.74, 6) is -2.95. The van der Waals surface area contributed by atoms with E-state index >= 15 is 4.39 Å². The number of aromatic nitrogens is 5. The monoisotopic (exact) mass is 598 g/mol. The van der Waals surface area contributed by atoms with Gasteiger partial charge in [-0.15, -0.1) is 0 Å². The van der Waals surface area contributed by atoms with Crippen LogP contribution >= 0.6 is 0 Å². The van der Waals surface area contributed by atoms with Crippen molar-refractivity contribution in [3.63, 3.8) is 0 Å². The average Bonchev–Trinajstić information content (AvgIpc) is 3.42. The molecule has 0 saturated carbocycles. The van der Waals surface area contributed by atoms with E-state index in [1.165, 1.54) is 51.4 Å². The molecule has 3 heterocycles. The molecule has 0 fully saturated rings. The molecule has 0 saturated heterocycles. The minimum Gasteiger partial charge on any atom is -0.491 e. The number of anilines is 2. The second-order valence-electron chi connectivity index (χ2n) is 10.2. The number of hydrogen-bond donors (Lipinski definition) is 0. The lowest BCUT2D eigenvalue weighted by Gasteiger charge is -2.26. The zero-order valence-corrected chi connectivity index (χ0v) is 24.0. The summed E-state index contributed by atoms with van der Waals surface area (Å²) in [6.07, 6.45) is 4.62. The number of para-hydroxylation sites is 1. The van der Waals surface area contributed by atoms with Gasteiger partial charge in [0.2, 0.25) is 0 Å².